The van der Waals surface area contributed by atoms with E-state index < -0.39 is 0 Å². The molecule has 0 saturated carbocycles. The summed E-state index contributed by atoms with van der Waals surface area (Å²) in [6.45, 7) is 0. The molecule has 1 aromatic heterocycles. The second-order valence-electron chi connectivity index (χ2n) is 3.96. The molecule has 0 aliphatic heterocycles. The summed E-state index contributed by atoms with van der Waals surface area (Å²) in [6.07, 6.45) is 0. The molecule has 3 rings (SSSR count). The number of oxazole rings is 1. The first-order valence-corrected chi connectivity index (χ1v) is 6.49. The summed E-state index contributed by atoms with van der Waals surface area (Å²) in [7, 11) is 0. The van der Waals surface area contributed by atoms with Gasteiger partial charge in [0.1, 0.15) is 17.0 Å². The molecule has 0 amide bonds. The first-order valence-electron chi connectivity index (χ1n) is 5.32. The number of fused-ring (bicyclic) bond motifs is 1. The number of rotatable bonds is 1. The molecule has 0 unspecified atom stereocenters. The average Bonchev–Trinajstić information content (AvgIpc) is 2.72. The maximum absolute atomic E-state index is 9.51. The molecule has 2 aromatic carbocycles. The molecule has 0 radical (unpaired) electrons. The zero-order chi connectivity index (χ0) is 13.6. The molecule has 0 fully saturated rings. The summed E-state index contributed by atoms with van der Waals surface area (Å²) in [5, 5.41) is 19.2. The summed E-state index contributed by atoms with van der Waals surface area (Å²) < 4.78 is 6.23. The Bertz CT molecular complexity index is 785. The Morgan fingerprint density at radius 2 is 1.89 bits per heavy atom. The minimum atomic E-state index is 0.0729. The van der Waals surface area contributed by atoms with Crippen molar-refractivity contribution in [2.75, 3.05) is 0 Å². The van der Waals surface area contributed by atoms with Gasteiger partial charge in [-0.15, -0.1) is 0 Å². The molecule has 0 spiro atoms. The lowest BCUT2D eigenvalue weighted by Crippen LogP contribution is -1.78. The van der Waals surface area contributed by atoms with Gasteiger partial charge in [0, 0.05) is 6.07 Å². The van der Waals surface area contributed by atoms with Crippen molar-refractivity contribution >= 4 is 38.6 Å². The second-order valence-corrected chi connectivity index (χ2v) is 5.22. The number of phenols is 2. The Morgan fingerprint density at radius 3 is 2.63 bits per heavy atom. The van der Waals surface area contributed by atoms with Crippen LogP contribution in [0.15, 0.2) is 39.2 Å². The van der Waals surface area contributed by atoms with Crippen molar-refractivity contribution in [3.8, 4) is 23.0 Å². The fourth-order valence-electron chi connectivity index (χ4n) is 1.77. The summed E-state index contributed by atoms with van der Waals surface area (Å²) in [6, 6.07) is 7.56. The van der Waals surface area contributed by atoms with Crippen LogP contribution in [0.1, 0.15) is 0 Å². The normalized spacial score (nSPS) is 11.1. The third-order valence-corrected chi connectivity index (χ3v) is 3.51. The van der Waals surface area contributed by atoms with Gasteiger partial charge in [0.15, 0.2) is 5.58 Å². The lowest BCUT2D eigenvalue weighted by atomic mass is 10.2. The van der Waals surface area contributed by atoms with Crippen LogP contribution in [-0.4, -0.2) is 15.2 Å². The van der Waals surface area contributed by atoms with Gasteiger partial charge in [0.2, 0.25) is 5.89 Å². The van der Waals surface area contributed by atoms with Crippen molar-refractivity contribution in [1.82, 2.24) is 4.98 Å². The summed E-state index contributed by atoms with van der Waals surface area (Å²) in [4.78, 5) is 4.27. The minimum Gasteiger partial charge on any atom is -0.508 e. The average molecular weight is 341 g/mol. The number of hydrogen-bond donors (Lipinski definition) is 2. The van der Waals surface area contributed by atoms with Gasteiger partial charge in [0.05, 0.1) is 15.1 Å². The number of benzene rings is 2. The molecule has 6 heteroatoms. The molecule has 4 nitrogen and oxygen atoms in total. The number of aromatic hydroxyl groups is 2. The Hall–Kier alpha value is -1.72. The lowest BCUT2D eigenvalue weighted by Gasteiger charge is -1.99. The minimum absolute atomic E-state index is 0.0729. The molecule has 0 aliphatic rings. The second kappa shape index (κ2) is 4.43. The van der Waals surface area contributed by atoms with Crippen LogP contribution >= 0.6 is 27.5 Å². The Labute approximate surface area is 121 Å². The largest absolute Gasteiger partial charge is 0.508 e. The van der Waals surface area contributed by atoms with Crippen molar-refractivity contribution in [3.63, 3.8) is 0 Å². The Morgan fingerprint density at radius 1 is 1.11 bits per heavy atom. The van der Waals surface area contributed by atoms with E-state index in [9.17, 15) is 10.2 Å². The Kier molecular flexibility index (Phi) is 2.88. The van der Waals surface area contributed by atoms with Crippen LogP contribution < -0.4 is 0 Å². The van der Waals surface area contributed by atoms with E-state index in [0.29, 0.717) is 32.0 Å². The summed E-state index contributed by atoms with van der Waals surface area (Å²) in [5.41, 5.74) is 1.62. The van der Waals surface area contributed by atoms with Crippen LogP contribution in [0.4, 0.5) is 0 Å². The van der Waals surface area contributed by atoms with E-state index in [-0.39, 0.29) is 11.5 Å². The van der Waals surface area contributed by atoms with Crippen LogP contribution in [0.3, 0.4) is 0 Å². The van der Waals surface area contributed by atoms with Gasteiger partial charge >= 0.3 is 0 Å². The van der Waals surface area contributed by atoms with Gasteiger partial charge in [-0.05, 0) is 40.2 Å². The molecule has 96 valence electrons. The lowest BCUT2D eigenvalue weighted by molar-refractivity contribution is 0.474. The predicted molar refractivity (Wildman–Crippen MR) is 75.5 cm³/mol. The summed E-state index contributed by atoms with van der Waals surface area (Å²) >= 11 is 9.34. The number of phenolic OH excluding ortho intramolecular Hbond substituents is 2. The zero-order valence-electron chi connectivity index (χ0n) is 9.39. The van der Waals surface area contributed by atoms with Crippen molar-refractivity contribution in [2.45, 2.75) is 0 Å². The van der Waals surface area contributed by atoms with Crippen molar-refractivity contribution < 1.29 is 14.6 Å². The van der Waals surface area contributed by atoms with Crippen molar-refractivity contribution in [3.05, 3.63) is 39.8 Å². The molecule has 0 bridgehead atoms. The molecule has 0 saturated heterocycles. The highest BCUT2D eigenvalue weighted by Gasteiger charge is 2.14. The van der Waals surface area contributed by atoms with Crippen LogP contribution in [-0.2, 0) is 0 Å². The van der Waals surface area contributed by atoms with Crippen LogP contribution in [0, 0.1) is 0 Å². The van der Waals surface area contributed by atoms with E-state index in [4.69, 9.17) is 16.0 Å². The van der Waals surface area contributed by atoms with Crippen molar-refractivity contribution in [1.29, 1.82) is 0 Å². The molecule has 0 aliphatic carbocycles. The fourth-order valence-corrected chi connectivity index (χ4v) is 2.54. The number of halogens is 2. The van der Waals surface area contributed by atoms with Gasteiger partial charge < -0.3 is 14.6 Å². The van der Waals surface area contributed by atoms with E-state index in [2.05, 4.69) is 20.9 Å². The first kappa shape index (κ1) is 12.3. The Balaban J connectivity index is 2.23. The third kappa shape index (κ3) is 2.15. The third-order valence-electron chi connectivity index (χ3n) is 2.61. The van der Waals surface area contributed by atoms with Gasteiger partial charge in [-0.2, -0.15) is 0 Å². The standard InChI is InChI=1S/C13H7BrClNO3/c14-9-3-7(18)5-11-12(9)19-13(16-11)8-2-1-6(17)4-10(8)15/h1-5,17-18H. The predicted octanol–water partition coefficient (Wildman–Crippen LogP) is 4.32. The van der Waals surface area contributed by atoms with Gasteiger partial charge in [0.25, 0.3) is 0 Å². The molecule has 0 atom stereocenters. The number of hydrogen-bond acceptors (Lipinski definition) is 4. The van der Waals surface area contributed by atoms with Gasteiger partial charge in [-0.1, -0.05) is 11.6 Å². The fraction of sp³-hybridized carbons (Fsp3) is 0. The quantitative estimate of drug-likeness (QED) is 0.692. The van der Waals surface area contributed by atoms with Gasteiger partial charge in [-0.3, -0.25) is 0 Å². The first-order chi connectivity index (χ1) is 9.04. The maximum atomic E-state index is 9.51. The smallest absolute Gasteiger partial charge is 0.228 e. The maximum Gasteiger partial charge on any atom is 0.228 e. The molecule has 2 N–H and O–H groups in total. The zero-order valence-corrected chi connectivity index (χ0v) is 11.7. The van der Waals surface area contributed by atoms with Crippen molar-refractivity contribution in [2.24, 2.45) is 0 Å². The van der Waals surface area contributed by atoms with Crippen LogP contribution in [0.2, 0.25) is 5.02 Å². The monoisotopic (exact) mass is 339 g/mol. The highest BCUT2D eigenvalue weighted by molar-refractivity contribution is 9.10. The summed E-state index contributed by atoms with van der Waals surface area (Å²) in [5.74, 6) is 0.492. The van der Waals surface area contributed by atoms with E-state index in [0.717, 1.165) is 0 Å². The molecular formula is C13H7BrClNO3. The van der Waals surface area contributed by atoms with E-state index in [1.807, 2.05) is 0 Å². The highest BCUT2D eigenvalue weighted by atomic mass is 79.9. The van der Waals surface area contributed by atoms with Gasteiger partial charge in [-0.25, -0.2) is 4.98 Å². The molecule has 19 heavy (non-hydrogen) atoms. The molecule has 3 aromatic rings. The van der Waals surface area contributed by atoms with E-state index >= 15 is 0 Å². The molecular weight excluding hydrogens is 334 g/mol. The van der Waals surface area contributed by atoms with E-state index in [1.54, 1.807) is 6.07 Å². The van der Waals surface area contributed by atoms with E-state index in [1.165, 1.54) is 24.3 Å². The number of aromatic nitrogens is 1. The van der Waals surface area contributed by atoms with Crippen LogP contribution in [0.5, 0.6) is 11.5 Å². The SMILES string of the molecule is Oc1ccc(-c2nc3cc(O)cc(Br)c3o2)c(Cl)c1. The number of nitrogens with zero attached hydrogens (tertiary/aromatic N) is 1. The highest BCUT2D eigenvalue weighted by Crippen LogP contribution is 2.35. The topological polar surface area (TPSA) is 66.5 Å². The van der Waals surface area contributed by atoms with Crippen LogP contribution in [0.25, 0.3) is 22.6 Å². The molecule has 1 heterocycles.